The summed E-state index contributed by atoms with van der Waals surface area (Å²) in [6.07, 6.45) is -0.0207. The van der Waals surface area contributed by atoms with Gasteiger partial charge in [-0.3, -0.25) is 4.79 Å². The predicted molar refractivity (Wildman–Crippen MR) is 60.5 cm³/mol. The van der Waals surface area contributed by atoms with Gasteiger partial charge in [0.2, 0.25) is 0 Å². The van der Waals surface area contributed by atoms with Crippen molar-refractivity contribution in [1.82, 2.24) is 0 Å². The number of carboxylic acid groups (broad SMARTS) is 1. The van der Waals surface area contributed by atoms with Crippen LogP contribution < -0.4 is 5.73 Å². The second-order valence-electron chi connectivity index (χ2n) is 3.23. The van der Waals surface area contributed by atoms with E-state index >= 15 is 0 Å². The molecule has 3 nitrogen and oxygen atoms in total. The van der Waals surface area contributed by atoms with Gasteiger partial charge in [0.15, 0.2) is 0 Å². The number of aliphatic carboxylic acids is 1. The molecular weight excluding hydrogens is 237 g/mol. The maximum atomic E-state index is 10.6. The van der Waals surface area contributed by atoms with Crippen molar-refractivity contribution in [3.8, 4) is 0 Å². The minimum absolute atomic E-state index is 0.0207. The fourth-order valence-electron chi connectivity index (χ4n) is 1.36. The monoisotopic (exact) mass is 247 g/mol. The van der Waals surface area contributed by atoms with Gasteiger partial charge < -0.3 is 10.8 Å². The molecule has 82 valence electrons. The fourth-order valence-corrected chi connectivity index (χ4v) is 1.90. The van der Waals surface area contributed by atoms with Crippen LogP contribution in [0, 0.1) is 0 Å². The quantitative estimate of drug-likeness (QED) is 0.860. The fraction of sp³-hybridized carbons (Fsp3) is 0.300. The molecule has 0 heterocycles. The Morgan fingerprint density at radius 1 is 1.33 bits per heavy atom. The van der Waals surface area contributed by atoms with Crippen molar-refractivity contribution in [3.63, 3.8) is 0 Å². The minimum atomic E-state index is -0.887. The number of carboxylic acids is 1. The molecule has 0 aromatic heterocycles. The van der Waals surface area contributed by atoms with Gasteiger partial charge in [-0.1, -0.05) is 23.2 Å². The summed E-state index contributed by atoms with van der Waals surface area (Å²) in [4.78, 5) is 10.6. The van der Waals surface area contributed by atoms with Crippen molar-refractivity contribution in [1.29, 1.82) is 0 Å². The number of nitrogens with two attached hydrogens (primary N) is 1. The molecule has 5 heteroatoms. The highest BCUT2D eigenvalue weighted by molar-refractivity contribution is 6.34. The average molecular weight is 248 g/mol. The molecule has 1 rings (SSSR count). The van der Waals surface area contributed by atoms with E-state index in [9.17, 15) is 4.79 Å². The van der Waals surface area contributed by atoms with Gasteiger partial charge in [-0.05, 0) is 30.3 Å². The van der Waals surface area contributed by atoms with E-state index < -0.39 is 5.97 Å². The lowest BCUT2D eigenvalue weighted by molar-refractivity contribution is -0.137. The van der Waals surface area contributed by atoms with Crippen LogP contribution in [0.4, 0.5) is 0 Å². The van der Waals surface area contributed by atoms with Crippen LogP contribution in [0.15, 0.2) is 18.2 Å². The van der Waals surface area contributed by atoms with Crippen LogP contribution >= 0.6 is 23.2 Å². The summed E-state index contributed by atoms with van der Waals surface area (Å²) in [7, 11) is 0. The lowest BCUT2D eigenvalue weighted by atomic mass is 9.96. The Labute approximate surface area is 97.8 Å². The zero-order valence-electron chi connectivity index (χ0n) is 7.91. The molecule has 1 aromatic carbocycles. The van der Waals surface area contributed by atoms with Crippen molar-refractivity contribution >= 4 is 29.2 Å². The standard InChI is InChI=1S/C10H11Cl2NO2/c11-8-1-6(2-9(12)4-8)7(5-13)3-10(14)15/h1-2,4,7H,3,5,13H2,(H,14,15). The first-order valence-corrected chi connectivity index (χ1v) is 5.16. The first-order valence-electron chi connectivity index (χ1n) is 4.40. The third-order valence-corrected chi connectivity index (χ3v) is 2.50. The third-order valence-electron chi connectivity index (χ3n) is 2.06. The lowest BCUT2D eigenvalue weighted by Gasteiger charge is -2.13. The van der Waals surface area contributed by atoms with Gasteiger partial charge in [-0.2, -0.15) is 0 Å². The smallest absolute Gasteiger partial charge is 0.304 e. The third kappa shape index (κ3) is 3.70. The van der Waals surface area contributed by atoms with Gasteiger partial charge in [0.25, 0.3) is 0 Å². The van der Waals surface area contributed by atoms with E-state index in [2.05, 4.69) is 0 Å². The van der Waals surface area contributed by atoms with Gasteiger partial charge in [0.05, 0.1) is 6.42 Å². The second-order valence-corrected chi connectivity index (χ2v) is 4.11. The van der Waals surface area contributed by atoms with Gasteiger partial charge >= 0.3 is 5.97 Å². The highest BCUT2D eigenvalue weighted by Crippen LogP contribution is 2.26. The van der Waals surface area contributed by atoms with Gasteiger partial charge in [0.1, 0.15) is 0 Å². The van der Waals surface area contributed by atoms with E-state index in [1.54, 1.807) is 18.2 Å². The van der Waals surface area contributed by atoms with Gasteiger partial charge in [-0.25, -0.2) is 0 Å². The van der Waals surface area contributed by atoms with Crippen LogP contribution in [-0.4, -0.2) is 17.6 Å². The molecule has 0 bridgehead atoms. The van der Waals surface area contributed by atoms with Crippen LogP contribution in [0.3, 0.4) is 0 Å². The predicted octanol–water partition coefficient (Wildman–Crippen LogP) is 2.51. The summed E-state index contributed by atoms with van der Waals surface area (Å²) >= 11 is 11.6. The van der Waals surface area contributed by atoms with Crippen LogP contribution in [-0.2, 0) is 4.79 Å². The summed E-state index contributed by atoms with van der Waals surface area (Å²) < 4.78 is 0. The highest BCUT2D eigenvalue weighted by Gasteiger charge is 2.14. The molecular formula is C10H11Cl2NO2. The average Bonchev–Trinajstić information content (AvgIpc) is 2.12. The number of halogens is 2. The molecule has 0 aliphatic carbocycles. The molecule has 0 saturated heterocycles. The zero-order valence-corrected chi connectivity index (χ0v) is 9.42. The van der Waals surface area contributed by atoms with E-state index in [0.29, 0.717) is 10.0 Å². The molecule has 0 radical (unpaired) electrons. The molecule has 0 amide bonds. The Morgan fingerprint density at radius 3 is 2.27 bits per heavy atom. The number of hydrogen-bond acceptors (Lipinski definition) is 2. The summed E-state index contributed by atoms with van der Waals surface area (Å²) in [6, 6.07) is 4.97. The summed E-state index contributed by atoms with van der Waals surface area (Å²) in [5.41, 5.74) is 6.27. The van der Waals surface area contributed by atoms with Crippen molar-refractivity contribution in [2.75, 3.05) is 6.54 Å². The van der Waals surface area contributed by atoms with E-state index in [1.807, 2.05) is 0 Å². The normalized spacial score (nSPS) is 12.5. The SMILES string of the molecule is NCC(CC(=O)O)c1cc(Cl)cc(Cl)c1. The van der Waals surface area contributed by atoms with Crippen LogP contribution in [0.2, 0.25) is 10.0 Å². The summed E-state index contributed by atoms with van der Waals surface area (Å²) in [5.74, 6) is -1.14. The zero-order chi connectivity index (χ0) is 11.4. The summed E-state index contributed by atoms with van der Waals surface area (Å²) in [6.45, 7) is 0.253. The Balaban J connectivity index is 2.95. The van der Waals surface area contributed by atoms with E-state index in [-0.39, 0.29) is 18.9 Å². The minimum Gasteiger partial charge on any atom is -0.481 e. The number of rotatable bonds is 4. The number of hydrogen-bond donors (Lipinski definition) is 2. The summed E-state index contributed by atoms with van der Waals surface area (Å²) in [5, 5.41) is 9.67. The molecule has 1 atom stereocenters. The largest absolute Gasteiger partial charge is 0.481 e. The number of carbonyl (C=O) groups is 1. The molecule has 15 heavy (non-hydrogen) atoms. The molecule has 0 fully saturated rings. The molecule has 1 unspecified atom stereocenters. The molecule has 0 saturated carbocycles. The maximum absolute atomic E-state index is 10.6. The van der Waals surface area contributed by atoms with E-state index in [0.717, 1.165) is 5.56 Å². The van der Waals surface area contributed by atoms with E-state index in [4.69, 9.17) is 34.0 Å². The van der Waals surface area contributed by atoms with Crippen molar-refractivity contribution in [2.45, 2.75) is 12.3 Å². The molecule has 0 aliphatic heterocycles. The Hall–Kier alpha value is -0.770. The van der Waals surface area contributed by atoms with Crippen molar-refractivity contribution in [2.24, 2.45) is 5.73 Å². The van der Waals surface area contributed by atoms with Crippen LogP contribution in [0.25, 0.3) is 0 Å². The lowest BCUT2D eigenvalue weighted by Crippen LogP contribution is -2.16. The van der Waals surface area contributed by atoms with E-state index in [1.165, 1.54) is 0 Å². The second kappa shape index (κ2) is 5.35. The maximum Gasteiger partial charge on any atom is 0.304 e. The Kier molecular flexibility index (Phi) is 4.39. The Bertz CT molecular complexity index is 348. The topological polar surface area (TPSA) is 63.3 Å². The molecule has 3 N–H and O–H groups in total. The Morgan fingerprint density at radius 2 is 1.87 bits per heavy atom. The van der Waals surface area contributed by atoms with Crippen molar-refractivity contribution < 1.29 is 9.90 Å². The van der Waals surface area contributed by atoms with Crippen LogP contribution in [0.5, 0.6) is 0 Å². The van der Waals surface area contributed by atoms with Crippen molar-refractivity contribution in [3.05, 3.63) is 33.8 Å². The first kappa shape index (κ1) is 12.3. The molecule has 1 aromatic rings. The number of benzene rings is 1. The highest BCUT2D eigenvalue weighted by atomic mass is 35.5. The van der Waals surface area contributed by atoms with Gasteiger partial charge in [-0.15, -0.1) is 0 Å². The van der Waals surface area contributed by atoms with Gasteiger partial charge in [0, 0.05) is 16.0 Å². The van der Waals surface area contributed by atoms with Crippen LogP contribution in [0.1, 0.15) is 17.9 Å². The molecule has 0 aliphatic rings. The molecule has 0 spiro atoms. The first-order chi connectivity index (χ1) is 7.02.